The Kier molecular flexibility index (Phi) is 7.63. The van der Waals surface area contributed by atoms with Gasteiger partial charge in [0.2, 0.25) is 5.91 Å². The zero-order chi connectivity index (χ0) is 22.7. The number of carbonyl (C=O) groups excluding carboxylic acids is 1. The van der Waals surface area contributed by atoms with Gasteiger partial charge in [-0.05, 0) is 36.6 Å². The minimum absolute atomic E-state index is 0.0499. The highest BCUT2D eigenvalue weighted by Crippen LogP contribution is 2.35. The van der Waals surface area contributed by atoms with Crippen molar-refractivity contribution in [1.82, 2.24) is 14.2 Å². The molecule has 0 unspecified atom stereocenters. The lowest BCUT2D eigenvalue weighted by Crippen LogP contribution is -2.43. The molecule has 0 radical (unpaired) electrons. The Morgan fingerprint density at radius 3 is 2.66 bits per heavy atom. The van der Waals surface area contributed by atoms with Gasteiger partial charge in [0.1, 0.15) is 0 Å². The molecule has 2 heterocycles. The van der Waals surface area contributed by atoms with Crippen LogP contribution in [-0.2, 0) is 11.3 Å². The Morgan fingerprint density at radius 2 is 1.97 bits per heavy atom. The first-order valence-corrected chi connectivity index (χ1v) is 12.8. The van der Waals surface area contributed by atoms with Crippen LogP contribution in [0.2, 0.25) is 10.0 Å². The van der Waals surface area contributed by atoms with E-state index in [0.29, 0.717) is 15.7 Å². The Hall–Kier alpha value is -1.77. The summed E-state index contributed by atoms with van der Waals surface area (Å²) >= 11 is 15.1. The highest BCUT2D eigenvalue weighted by Gasteiger charge is 2.28. The highest BCUT2D eigenvalue weighted by atomic mass is 35.5. The van der Waals surface area contributed by atoms with Crippen LogP contribution in [0.25, 0.3) is 11.3 Å². The summed E-state index contributed by atoms with van der Waals surface area (Å²) in [5.41, 5.74) is 9.69. The van der Waals surface area contributed by atoms with E-state index < -0.39 is 0 Å². The maximum absolute atomic E-state index is 12.4. The van der Waals surface area contributed by atoms with E-state index in [1.54, 1.807) is 6.92 Å². The molecule has 2 N–H and O–H groups in total. The van der Waals surface area contributed by atoms with Crippen molar-refractivity contribution in [3.05, 3.63) is 63.5 Å². The van der Waals surface area contributed by atoms with E-state index in [1.165, 1.54) is 23.3 Å². The molecule has 0 atom stereocenters. The van der Waals surface area contributed by atoms with Crippen molar-refractivity contribution in [2.75, 3.05) is 18.8 Å². The van der Waals surface area contributed by atoms with E-state index in [4.69, 9.17) is 33.9 Å². The first-order chi connectivity index (χ1) is 15.4. The molecule has 0 saturated carbocycles. The number of nitrogen functional groups attached to an aromatic ring is 1. The van der Waals surface area contributed by atoms with E-state index in [0.717, 1.165) is 53.6 Å². The van der Waals surface area contributed by atoms with Gasteiger partial charge in [-0.25, -0.2) is 4.98 Å². The number of para-hydroxylation sites is 1. The molecule has 1 amide bonds. The second-order valence-electron chi connectivity index (χ2n) is 7.78. The first kappa shape index (κ1) is 23.4. The lowest BCUT2D eigenvalue weighted by molar-refractivity contribution is -0.125. The predicted molar refractivity (Wildman–Crippen MR) is 135 cm³/mol. The number of halogens is 2. The molecule has 5 nitrogen and oxygen atoms in total. The van der Waals surface area contributed by atoms with Crippen LogP contribution in [0.15, 0.2) is 52.2 Å². The first-order valence-electron chi connectivity index (χ1n) is 10.3. The van der Waals surface area contributed by atoms with Crippen LogP contribution in [-0.4, -0.2) is 39.2 Å². The van der Waals surface area contributed by atoms with Crippen LogP contribution in [0.3, 0.4) is 0 Å². The molecule has 2 aromatic carbocycles. The van der Waals surface area contributed by atoms with E-state index in [-0.39, 0.29) is 11.9 Å². The Labute approximate surface area is 206 Å². The topological polar surface area (TPSA) is 62.5 Å². The molecule has 0 spiro atoms. The Balaban J connectivity index is 1.37. The normalized spacial score (nSPS) is 15.1. The van der Waals surface area contributed by atoms with Crippen molar-refractivity contribution in [2.45, 2.75) is 36.7 Å². The summed E-state index contributed by atoms with van der Waals surface area (Å²) in [6, 6.07) is 13.6. The van der Waals surface area contributed by atoms with Crippen molar-refractivity contribution < 1.29 is 4.79 Å². The molecule has 1 saturated heterocycles. The molecule has 1 aromatic heterocycles. The average molecular weight is 508 g/mol. The lowest BCUT2D eigenvalue weighted by Gasteiger charge is -2.37. The van der Waals surface area contributed by atoms with Gasteiger partial charge >= 0.3 is 0 Å². The molecule has 4 rings (SSSR count). The van der Waals surface area contributed by atoms with Gasteiger partial charge in [0.15, 0.2) is 4.34 Å². The molecule has 1 fully saturated rings. The largest absolute Gasteiger partial charge is 0.398 e. The van der Waals surface area contributed by atoms with Gasteiger partial charge in [0.05, 0.1) is 15.7 Å². The zero-order valence-electron chi connectivity index (χ0n) is 17.6. The number of carbonyl (C=O) groups is 1. The third-order valence-electron chi connectivity index (χ3n) is 5.49. The minimum Gasteiger partial charge on any atom is -0.398 e. The molecule has 0 bridgehead atoms. The van der Waals surface area contributed by atoms with Crippen LogP contribution in [0, 0.1) is 0 Å². The maximum Gasteiger partial charge on any atom is 0.229 e. The summed E-state index contributed by atoms with van der Waals surface area (Å²) in [5.74, 6) is 0.0499. The molecule has 9 heteroatoms. The van der Waals surface area contributed by atoms with Gasteiger partial charge in [0.25, 0.3) is 0 Å². The monoisotopic (exact) mass is 506 g/mol. The summed E-state index contributed by atoms with van der Waals surface area (Å²) in [6.45, 7) is 4.28. The van der Waals surface area contributed by atoms with Gasteiger partial charge in [-0.2, -0.15) is 0 Å². The number of benzene rings is 2. The average Bonchev–Trinajstić information content (AvgIpc) is 3.24. The second-order valence-corrected chi connectivity index (χ2v) is 10.7. The molecule has 0 aliphatic carbocycles. The number of aromatic nitrogens is 1. The van der Waals surface area contributed by atoms with Gasteiger partial charge in [-0.15, -0.1) is 11.3 Å². The van der Waals surface area contributed by atoms with Gasteiger partial charge < -0.3 is 5.73 Å². The number of piperidine rings is 1. The Bertz CT molecular complexity index is 1100. The van der Waals surface area contributed by atoms with Crippen molar-refractivity contribution >= 4 is 58.1 Å². The van der Waals surface area contributed by atoms with Crippen molar-refractivity contribution in [1.29, 1.82) is 0 Å². The molecule has 1 aliphatic rings. The number of rotatable bonds is 6. The smallest absolute Gasteiger partial charge is 0.229 e. The van der Waals surface area contributed by atoms with Crippen LogP contribution >= 0.6 is 46.5 Å². The van der Waals surface area contributed by atoms with Crippen molar-refractivity contribution in [3.63, 3.8) is 0 Å². The lowest BCUT2D eigenvalue weighted by atomic mass is 10.0. The predicted octanol–water partition coefficient (Wildman–Crippen LogP) is 6.22. The van der Waals surface area contributed by atoms with Gasteiger partial charge in [0, 0.05) is 61.2 Å². The van der Waals surface area contributed by atoms with E-state index in [1.807, 2.05) is 52.1 Å². The summed E-state index contributed by atoms with van der Waals surface area (Å²) in [7, 11) is 0. The number of nitrogens with two attached hydrogens (primary N) is 1. The van der Waals surface area contributed by atoms with E-state index in [2.05, 4.69) is 4.90 Å². The number of nitrogens with zero attached hydrogens (tertiary/aromatic N) is 3. The van der Waals surface area contributed by atoms with Crippen molar-refractivity contribution in [3.8, 4) is 11.3 Å². The van der Waals surface area contributed by atoms with Crippen LogP contribution in [0.1, 0.15) is 25.3 Å². The molecule has 168 valence electrons. The summed E-state index contributed by atoms with van der Waals surface area (Å²) in [5, 5.41) is 3.15. The fraction of sp³-hybridized carbons (Fsp3) is 0.304. The Morgan fingerprint density at radius 1 is 1.22 bits per heavy atom. The fourth-order valence-corrected chi connectivity index (χ4v) is 6.06. The summed E-state index contributed by atoms with van der Waals surface area (Å²) < 4.78 is 2.73. The third-order valence-corrected chi connectivity index (χ3v) is 8.37. The minimum atomic E-state index is 0.0499. The number of anilines is 1. The second kappa shape index (κ2) is 10.4. The highest BCUT2D eigenvalue weighted by molar-refractivity contribution is 7.99. The molecular formula is C23H24Cl2N4OS2. The van der Waals surface area contributed by atoms with Crippen LogP contribution in [0.4, 0.5) is 5.69 Å². The third kappa shape index (κ3) is 5.58. The molecular weight excluding hydrogens is 483 g/mol. The van der Waals surface area contributed by atoms with Crippen LogP contribution < -0.4 is 5.73 Å². The van der Waals surface area contributed by atoms with Crippen molar-refractivity contribution in [2.24, 2.45) is 0 Å². The van der Waals surface area contributed by atoms with Crippen LogP contribution in [0.5, 0.6) is 0 Å². The number of thiazole rings is 1. The van der Waals surface area contributed by atoms with Gasteiger partial charge in [-0.1, -0.05) is 47.5 Å². The number of hydrogen-bond donors (Lipinski definition) is 1. The standard InChI is InChI=1S/C23H24Cl2N4OS2/c1-15(30)29(32-23-27-22(14-31-23)18-4-2-3-5-21(18)26)17-8-10-28(11-9-17)13-16-6-7-19(24)20(25)12-16/h2-7,12,14,17H,8-11,13,26H2,1H3. The fourth-order valence-electron chi connectivity index (χ4n) is 3.84. The number of likely N-dealkylation sites (tertiary alicyclic amines) is 1. The van der Waals surface area contributed by atoms with Gasteiger partial charge in [-0.3, -0.25) is 14.0 Å². The quantitative estimate of drug-likeness (QED) is 0.317. The number of amides is 1. The number of hydrogen-bond acceptors (Lipinski definition) is 6. The summed E-state index contributed by atoms with van der Waals surface area (Å²) in [4.78, 5) is 19.5. The van der Waals surface area contributed by atoms with E-state index in [9.17, 15) is 4.79 Å². The maximum atomic E-state index is 12.4. The molecule has 3 aromatic rings. The molecule has 32 heavy (non-hydrogen) atoms. The SMILES string of the molecule is CC(=O)N(Sc1nc(-c2ccccc2N)cs1)C1CCN(Cc2ccc(Cl)c(Cl)c2)CC1. The zero-order valence-corrected chi connectivity index (χ0v) is 20.8. The van der Waals surface area contributed by atoms with E-state index >= 15 is 0 Å². The molecule has 1 aliphatic heterocycles. The summed E-state index contributed by atoms with van der Waals surface area (Å²) in [6.07, 6.45) is 1.83.